The van der Waals surface area contributed by atoms with Gasteiger partial charge in [0.15, 0.2) is 11.6 Å². The van der Waals surface area contributed by atoms with Crippen molar-refractivity contribution in [1.29, 1.82) is 5.26 Å². The van der Waals surface area contributed by atoms with E-state index < -0.39 is 5.54 Å². The standard InChI is InChI=1S/C24H25N7O2/c1-2-19(32)24(9-20(24)33)30-11-15-7-23(4-5-25,8-16(15)12-30)31-13-17(10-29-31)21-18-3-6-26-22(18)28-14-27-21/h3,6,10,13-16H,2,4,7-9,11-12H2,1H3,(H,26,27,28)/t15-,16+,23-,24?. The minimum absolute atomic E-state index is 0.0494. The van der Waals surface area contributed by atoms with Gasteiger partial charge in [0.1, 0.15) is 17.5 Å². The Morgan fingerprint density at radius 1 is 1.30 bits per heavy atom. The first-order chi connectivity index (χ1) is 16.0. The molecule has 168 valence electrons. The molecule has 4 atom stereocenters. The zero-order valence-electron chi connectivity index (χ0n) is 18.5. The first-order valence-electron chi connectivity index (χ1n) is 11.5. The van der Waals surface area contributed by atoms with Gasteiger partial charge in [0, 0.05) is 49.3 Å². The van der Waals surface area contributed by atoms with Gasteiger partial charge in [-0.3, -0.25) is 19.2 Å². The SMILES string of the molecule is CCC(=O)C1(N2C[C@@H]3C[C@](CC#N)(n4cc(-c5ncnc6[nH]ccc56)cn4)C[C@@H]3C2)CC1=O. The number of aromatic amines is 1. The highest BCUT2D eigenvalue weighted by Gasteiger charge is 2.66. The molecule has 1 saturated heterocycles. The number of likely N-dealkylation sites (tertiary alicyclic amines) is 1. The van der Waals surface area contributed by atoms with Crippen LogP contribution in [-0.4, -0.2) is 59.8 Å². The number of nitriles is 1. The summed E-state index contributed by atoms with van der Waals surface area (Å²) in [6.07, 6.45) is 9.95. The molecular weight excluding hydrogens is 418 g/mol. The van der Waals surface area contributed by atoms with Gasteiger partial charge in [0.25, 0.3) is 0 Å². The summed E-state index contributed by atoms with van der Waals surface area (Å²) < 4.78 is 1.96. The maximum Gasteiger partial charge on any atom is 0.163 e. The number of carbonyl (C=O) groups is 2. The third-order valence-corrected chi connectivity index (χ3v) is 8.04. The van der Waals surface area contributed by atoms with Crippen LogP contribution in [0.5, 0.6) is 0 Å². The molecule has 1 N–H and O–H groups in total. The number of Topliss-reactive ketones (excluding diaryl/α,β-unsaturated/α-hetero) is 2. The Hall–Kier alpha value is -3.38. The van der Waals surface area contributed by atoms with Crippen LogP contribution in [0.15, 0.2) is 31.0 Å². The highest BCUT2D eigenvalue weighted by molar-refractivity contribution is 6.24. The fraction of sp³-hybridized carbons (Fsp3) is 0.500. The molecule has 3 aromatic rings. The molecule has 3 aromatic heterocycles. The van der Waals surface area contributed by atoms with Crippen LogP contribution in [0, 0.1) is 23.2 Å². The number of carbonyl (C=O) groups excluding carboxylic acids is 2. The molecule has 0 amide bonds. The molecule has 9 heteroatoms. The molecule has 9 nitrogen and oxygen atoms in total. The van der Waals surface area contributed by atoms with Gasteiger partial charge in [-0.25, -0.2) is 9.97 Å². The van der Waals surface area contributed by atoms with E-state index in [0.717, 1.165) is 48.2 Å². The Balaban J connectivity index is 1.27. The van der Waals surface area contributed by atoms with E-state index in [2.05, 4.69) is 25.9 Å². The number of hydrogen-bond donors (Lipinski definition) is 1. The number of rotatable bonds is 6. The van der Waals surface area contributed by atoms with Crippen molar-refractivity contribution in [2.45, 2.75) is 50.1 Å². The van der Waals surface area contributed by atoms with Crippen LogP contribution in [0.1, 0.15) is 39.0 Å². The van der Waals surface area contributed by atoms with Crippen LogP contribution in [0.25, 0.3) is 22.3 Å². The summed E-state index contributed by atoms with van der Waals surface area (Å²) in [4.78, 5) is 38.8. The second-order valence-corrected chi connectivity index (χ2v) is 9.77. The summed E-state index contributed by atoms with van der Waals surface area (Å²) in [5, 5.41) is 15.3. The Morgan fingerprint density at radius 2 is 2.06 bits per heavy atom. The molecule has 1 unspecified atom stereocenters. The van der Waals surface area contributed by atoms with Gasteiger partial charge in [-0.1, -0.05) is 6.92 Å². The molecule has 0 spiro atoms. The van der Waals surface area contributed by atoms with Crippen LogP contribution in [0.3, 0.4) is 0 Å². The first-order valence-corrected chi connectivity index (χ1v) is 11.5. The Labute approximate surface area is 190 Å². The number of fused-ring (bicyclic) bond motifs is 2. The van der Waals surface area contributed by atoms with Crippen molar-refractivity contribution < 1.29 is 9.59 Å². The third-order valence-electron chi connectivity index (χ3n) is 8.04. The van der Waals surface area contributed by atoms with Gasteiger partial charge in [-0.2, -0.15) is 10.4 Å². The number of H-pyrrole nitrogens is 1. The summed E-state index contributed by atoms with van der Waals surface area (Å²) in [7, 11) is 0. The molecule has 6 rings (SSSR count). The molecule has 2 saturated carbocycles. The van der Waals surface area contributed by atoms with E-state index in [0.29, 0.717) is 31.1 Å². The van der Waals surface area contributed by atoms with Crippen molar-refractivity contribution >= 4 is 22.6 Å². The van der Waals surface area contributed by atoms with E-state index in [4.69, 9.17) is 5.10 Å². The second kappa shape index (κ2) is 7.06. The van der Waals surface area contributed by atoms with Crippen LogP contribution in [0.2, 0.25) is 0 Å². The fourth-order valence-electron chi connectivity index (χ4n) is 6.34. The minimum Gasteiger partial charge on any atom is -0.346 e. The lowest BCUT2D eigenvalue weighted by molar-refractivity contribution is -0.129. The van der Waals surface area contributed by atoms with Crippen molar-refractivity contribution in [3.63, 3.8) is 0 Å². The van der Waals surface area contributed by atoms with Crippen molar-refractivity contribution in [2.75, 3.05) is 13.1 Å². The summed E-state index contributed by atoms with van der Waals surface area (Å²) in [5.74, 6) is 0.802. The Bertz CT molecular complexity index is 1300. The average Bonchev–Trinajstić information content (AvgIpc) is 3.35. The molecule has 0 radical (unpaired) electrons. The summed E-state index contributed by atoms with van der Waals surface area (Å²) in [5.41, 5.74) is 1.25. The maximum atomic E-state index is 12.5. The number of hydrogen-bond acceptors (Lipinski definition) is 7. The molecule has 0 aromatic carbocycles. The summed E-state index contributed by atoms with van der Waals surface area (Å²) >= 11 is 0. The van der Waals surface area contributed by atoms with E-state index in [-0.39, 0.29) is 17.1 Å². The highest BCUT2D eigenvalue weighted by atomic mass is 16.2. The highest BCUT2D eigenvalue weighted by Crippen LogP contribution is 2.53. The van der Waals surface area contributed by atoms with E-state index in [1.165, 1.54) is 6.33 Å². The minimum atomic E-state index is -0.856. The zero-order valence-corrected chi connectivity index (χ0v) is 18.5. The van der Waals surface area contributed by atoms with E-state index >= 15 is 0 Å². The smallest absolute Gasteiger partial charge is 0.163 e. The molecule has 3 aliphatic rings. The number of nitrogens with one attached hydrogen (secondary N) is 1. The normalized spacial score (nSPS) is 31.1. The van der Waals surface area contributed by atoms with Crippen LogP contribution >= 0.6 is 0 Å². The third kappa shape index (κ3) is 2.83. The first kappa shape index (κ1) is 20.2. The van der Waals surface area contributed by atoms with Crippen LogP contribution in [0.4, 0.5) is 0 Å². The van der Waals surface area contributed by atoms with Crippen molar-refractivity contribution in [3.8, 4) is 17.3 Å². The molecule has 3 fully saturated rings. The molecule has 1 aliphatic heterocycles. The van der Waals surface area contributed by atoms with E-state index in [1.807, 2.05) is 36.3 Å². The van der Waals surface area contributed by atoms with Crippen molar-refractivity contribution in [3.05, 3.63) is 31.0 Å². The van der Waals surface area contributed by atoms with Gasteiger partial charge in [0.2, 0.25) is 0 Å². The lowest BCUT2D eigenvalue weighted by Gasteiger charge is -2.31. The monoisotopic (exact) mass is 443 g/mol. The molecule has 0 bridgehead atoms. The maximum absolute atomic E-state index is 12.5. The van der Waals surface area contributed by atoms with Gasteiger partial charge in [-0.05, 0) is 30.7 Å². The van der Waals surface area contributed by atoms with Gasteiger partial charge < -0.3 is 4.98 Å². The Kier molecular flexibility index (Phi) is 4.33. The molecule has 33 heavy (non-hydrogen) atoms. The Morgan fingerprint density at radius 3 is 2.73 bits per heavy atom. The zero-order chi connectivity index (χ0) is 22.8. The molecule has 2 aliphatic carbocycles. The lowest BCUT2D eigenvalue weighted by atomic mass is 9.91. The van der Waals surface area contributed by atoms with Crippen LogP contribution in [-0.2, 0) is 15.1 Å². The number of nitrogens with zero attached hydrogens (tertiary/aromatic N) is 6. The number of aromatic nitrogens is 5. The fourth-order valence-corrected chi connectivity index (χ4v) is 6.34. The summed E-state index contributed by atoms with van der Waals surface area (Å²) in [6, 6.07) is 4.34. The second-order valence-electron chi connectivity index (χ2n) is 9.77. The average molecular weight is 444 g/mol. The number of ketones is 2. The lowest BCUT2D eigenvalue weighted by Crippen LogP contribution is -2.45. The quantitative estimate of drug-likeness (QED) is 0.581. The molecule has 4 heterocycles. The summed E-state index contributed by atoms with van der Waals surface area (Å²) in [6.45, 7) is 3.30. The van der Waals surface area contributed by atoms with Crippen LogP contribution < -0.4 is 0 Å². The van der Waals surface area contributed by atoms with Gasteiger partial charge >= 0.3 is 0 Å². The molecular formula is C24H25N7O2. The van der Waals surface area contributed by atoms with E-state index in [9.17, 15) is 14.9 Å². The van der Waals surface area contributed by atoms with Crippen molar-refractivity contribution in [1.82, 2.24) is 29.6 Å². The largest absolute Gasteiger partial charge is 0.346 e. The predicted octanol–water partition coefficient (Wildman–Crippen LogP) is 2.46. The van der Waals surface area contributed by atoms with Gasteiger partial charge in [0.05, 0.1) is 29.9 Å². The predicted molar refractivity (Wildman–Crippen MR) is 119 cm³/mol. The van der Waals surface area contributed by atoms with Crippen molar-refractivity contribution in [2.24, 2.45) is 11.8 Å². The van der Waals surface area contributed by atoms with E-state index in [1.54, 1.807) is 0 Å². The topological polar surface area (TPSA) is 121 Å². The van der Waals surface area contributed by atoms with Gasteiger partial charge in [-0.15, -0.1) is 0 Å².